The highest BCUT2D eigenvalue weighted by atomic mass is 19.2. The van der Waals surface area contributed by atoms with Gasteiger partial charge in [0.1, 0.15) is 6.61 Å². The van der Waals surface area contributed by atoms with Crippen LogP contribution in [0.4, 0.5) is 8.78 Å². The number of carbonyl (C=O) groups is 1. The van der Waals surface area contributed by atoms with Crippen molar-refractivity contribution >= 4 is 5.97 Å². The van der Waals surface area contributed by atoms with E-state index in [4.69, 9.17) is 4.74 Å². The monoisotopic (exact) mass is 228 g/mol. The first-order valence-electron chi connectivity index (χ1n) is 4.92. The van der Waals surface area contributed by atoms with Crippen LogP contribution in [-0.2, 0) is 16.1 Å². The van der Waals surface area contributed by atoms with E-state index in [1.54, 1.807) is 20.8 Å². The summed E-state index contributed by atoms with van der Waals surface area (Å²) in [6.07, 6.45) is 0. The molecular weight excluding hydrogens is 214 g/mol. The molecule has 0 unspecified atom stereocenters. The lowest BCUT2D eigenvalue weighted by molar-refractivity contribution is -0.154. The third-order valence-corrected chi connectivity index (χ3v) is 2.00. The topological polar surface area (TPSA) is 26.3 Å². The van der Waals surface area contributed by atoms with Crippen LogP contribution in [0.3, 0.4) is 0 Å². The van der Waals surface area contributed by atoms with E-state index in [0.717, 1.165) is 6.07 Å². The van der Waals surface area contributed by atoms with Gasteiger partial charge in [0.05, 0.1) is 5.41 Å². The Morgan fingerprint density at radius 2 is 1.94 bits per heavy atom. The van der Waals surface area contributed by atoms with Gasteiger partial charge < -0.3 is 4.74 Å². The van der Waals surface area contributed by atoms with Crippen molar-refractivity contribution in [2.24, 2.45) is 5.41 Å². The molecular formula is C12H14F2O2. The minimum atomic E-state index is -0.968. The van der Waals surface area contributed by atoms with Crippen LogP contribution in [0.25, 0.3) is 0 Å². The number of hydrogen-bond donors (Lipinski definition) is 0. The predicted molar refractivity (Wildman–Crippen MR) is 55.6 cm³/mol. The molecule has 0 fully saturated rings. The number of ether oxygens (including phenoxy) is 1. The molecule has 4 heteroatoms. The first-order chi connectivity index (χ1) is 7.32. The van der Waals surface area contributed by atoms with E-state index in [0.29, 0.717) is 0 Å². The number of benzene rings is 1. The van der Waals surface area contributed by atoms with Gasteiger partial charge in [0.2, 0.25) is 0 Å². The lowest BCUT2D eigenvalue weighted by atomic mass is 9.97. The third-order valence-electron chi connectivity index (χ3n) is 2.00. The summed E-state index contributed by atoms with van der Waals surface area (Å²) in [6.45, 7) is 4.82. The molecule has 0 saturated carbocycles. The zero-order chi connectivity index (χ0) is 12.3. The predicted octanol–water partition coefficient (Wildman–Crippen LogP) is 3.05. The SMILES string of the molecule is CC(C)(C)C(=O)OCc1cccc(F)c1F. The fourth-order valence-electron chi connectivity index (χ4n) is 1.02. The van der Waals surface area contributed by atoms with Gasteiger partial charge in [0.25, 0.3) is 0 Å². The Balaban J connectivity index is 2.69. The van der Waals surface area contributed by atoms with E-state index in [-0.39, 0.29) is 12.2 Å². The molecule has 1 aromatic carbocycles. The normalized spacial score (nSPS) is 11.3. The average Bonchev–Trinajstić information content (AvgIpc) is 2.18. The summed E-state index contributed by atoms with van der Waals surface area (Å²) in [5.41, 5.74) is -0.610. The number of halogens is 2. The first-order valence-corrected chi connectivity index (χ1v) is 4.92. The first kappa shape index (κ1) is 12.6. The number of carbonyl (C=O) groups excluding carboxylic acids is 1. The highest BCUT2D eigenvalue weighted by Crippen LogP contribution is 2.18. The largest absolute Gasteiger partial charge is 0.460 e. The Hall–Kier alpha value is -1.45. The summed E-state index contributed by atoms with van der Waals surface area (Å²) >= 11 is 0. The van der Waals surface area contributed by atoms with Crippen LogP contribution in [0, 0.1) is 17.0 Å². The molecule has 0 amide bonds. The third kappa shape index (κ3) is 3.02. The van der Waals surface area contributed by atoms with Gasteiger partial charge in [-0.15, -0.1) is 0 Å². The molecule has 0 spiro atoms. The van der Waals surface area contributed by atoms with Crippen LogP contribution in [0.5, 0.6) is 0 Å². The molecule has 0 radical (unpaired) electrons. The van der Waals surface area contributed by atoms with Gasteiger partial charge >= 0.3 is 5.97 Å². The van der Waals surface area contributed by atoms with Crippen LogP contribution < -0.4 is 0 Å². The second-order valence-electron chi connectivity index (χ2n) is 4.54. The van der Waals surface area contributed by atoms with Crippen LogP contribution >= 0.6 is 0 Å². The van der Waals surface area contributed by atoms with Gasteiger partial charge in [-0.3, -0.25) is 4.79 Å². The maximum atomic E-state index is 13.2. The summed E-state index contributed by atoms with van der Waals surface area (Å²) in [5, 5.41) is 0. The van der Waals surface area contributed by atoms with E-state index in [2.05, 4.69) is 0 Å². The van der Waals surface area contributed by atoms with Gasteiger partial charge in [-0.05, 0) is 26.8 Å². The standard InChI is InChI=1S/C12H14F2O2/c1-12(2,3)11(15)16-7-8-5-4-6-9(13)10(8)14/h4-6H,7H2,1-3H3. The molecule has 16 heavy (non-hydrogen) atoms. The molecule has 0 aromatic heterocycles. The molecule has 0 saturated heterocycles. The maximum absolute atomic E-state index is 13.2. The van der Waals surface area contributed by atoms with Crippen LogP contribution in [0.1, 0.15) is 26.3 Å². The fraction of sp³-hybridized carbons (Fsp3) is 0.417. The maximum Gasteiger partial charge on any atom is 0.311 e. The van der Waals surface area contributed by atoms with E-state index in [1.807, 2.05) is 0 Å². The van der Waals surface area contributed by atoms with E-state index in [9.17, 15) is 13.6 Å². The Bertz CT molecular complexity index is 394. The van der Waals surface area contributed by atoms with E-state index < -0.39 is 23.0 Å². The molecule has 88 valence electrons. The number of rotatable bonds is 2. The molecule has 0 atom stereocenters. The summed E-state index contributed by atoms with van der Waals surface area (Å²) in [5.74, 6) is -2.36. The van der Waals surface area contributed by atoms with Crippen molar-refractivity contribution < 1.29 is 18.3 Å². The van der Waals surface area contributed by atoms with Crippen molar-refractivity contribution in [1.82, 2.24) is 0 Å². The van der Waals surface area contributed by atoms with Crippen molar-refractivity contribution in [1.29, 1.82) is 0 Å². The van der Waals surface area contributed by atoms with E-state index >= 15 is 0 Å². The van der Waals surface area contributed by atoms with Crippen LogP contribution in [0.15, 0.2) is 18.2 Å². The lowest BCUT2D eigenvalue weighted by Crippen LogP contribution is -2.22. The minimum Gasteiger partial charge on any atom is -0.460 e. The molecule has 0 bridgehead atoms. The molecule has 1 aromatic rings. The van der Waals surface area contributed by atoms with E-state index in [1.165, 1.54) is 12.1 Å². The van der Waals surface area contributed by atoms with Crippen molar-refractivity contribution in [3.63, 3.8) is 0 Å². The van der Waals surface area contributed by atoms with Gasteiger partial charge in [-0.2, -0.15) is 0 Å². The molecule has 1 rings (SSSR count). The molecule has 0 aliphatic rings. The van der Waals surface area contributed by atoms with Crippen molar-refractivity contribution in [2.75, 3.05) is 0 Å². The number of hydrogen-bond acceptors (Lipinski definition) is 2. The summed E-state index contributed by atoms with van der Waals surface area (Å²) in [6, 6.07) is 3.78. The van der Waals surface area contributed by atoms with Crippen molar-refractivity contribution in [2.45, 2.75) is 27.4 Å². The Labute approximate surface area is 93.2 Å². The van der Waals surface area contributed by atoms with Crippen molar-refractivity contribution in [3.8, 4) is 0 Å². The highest BCUT2D eigenvalue weighted by molar-refractivity contribution is 5.75. The van der Waals surface area contributed by atoms with Gasteiger partial charge in [-0.25, -0.2) is 8.78 Å². The molecule has 0 heterocycles. The molecule has 0 aliphatic carbocycles. The second-order valence-corrected chi connectivity index (χ2v) is 4.54. The molecule has 0 aliphatic heterocycles. The summed E-state index contributed by atoms with van der Waals surface area (Å²) in [4.78, 5) is 11.4. The molecule has 2 nitrogen and oxygen atoms in total. The zero-order valence-corrected chi connectivity index (χ0v) is 9.51. The molecule has 0 N–H and O–H groups in total. The fourth-order valence-corrected chi connectivity index (χ4v) is 1.02. The summed E-state index contributed by atoms with van der Waals surface area (Å²) in [7, 11) is 0. The Kier molecular flexibility index (Phi) is 3.62. The lowest BCUT2D eigenvalue weighted by Gasteiger charge is -2.16. The quantitative estimate of drug-likeness (QED) is 0.727. The zero-order valence-electron chi connectivity index (χ0n) is 9.51. The smallest absolute Gasteiger partial charge is 0.311 e. The van der Waals surface area contributed by atoms with Gasteiger partial charge in [-0.1, -0.05) is 12.1 Å². The second kappa shape index (κ2) is 4.60. The van der Waals surface area contributed by atoms with Crippen LogP contribution in [-0.4, -0.2) is 5.97 Å². The minimum absolute atomic E-state index is 0.0394. The van der Waals surface area contributed by atoms with Gasteiger partial charge in [0, 0.05) is 5.56 Å². The van der Waals surface area contributed by atoms with Crippen molar-refractivity contribution in [3.05, 3.63) is 35.4 Å². The highest BCUT2D eigenvalue weighted by Gasteiger charge is 2.23. The summed E-state index contributed by atoms with van der Waals surface area (Å²) < 4.78 is 30.9. The Morgan fingerprint density at radius 1 is 1.31 bits per heavy atom. The Morgan fingerprint density at radius 3 is 2.50 bits per heavy atom. The average molecular weight is 228 g/mol. The number of esters is 1. The van der Waals surface area contributed by atoms with Crippen LogP contribution in [0.2, 0.25) is 0 Å². The van der Waals surface area contributed by atoms with Gasteiger partial charge in [0.15, 0.2) is 11.6 Å².